The number of nitrogens with zero attached hydrogens (tertiary/aromatic N) is 3. The van der Waals surface area contributed by atoms with Crippen LogP contribution in [0.3, 0.4) is 0 Å². The van der Waals surface area contributed by atoms with Crippen molar-refractivity contribution < 1.29 is 19.0 Å². The fraction of sp³-hybridized carbons (Fsp3) is 0.250. The van der Waals surface area contributed by atoms with E-state index in [1.54, 1.807) is 13.1 Å². The highest BCUT2D eigenvalue weighted by Gasteiger charge is 2.19. The second kappa shape index (κ2) is 10.4. The van der Waals surface area contributed by atoms with Crippen LogP contribution in [0.15, 0.2) is 63.4 Å². The average molecular weight is 434 g/mol. The van der Waals surface area contributed by atoms with Gasteiger partial charge in [0.2, 0.25) is 0 Å². The number of likely N-dealkylation sites (N-methyl/N-ethyl adjacent to an activating group) is 1. The molecule has 1 aromatic heterocycles. The minimum atomic E-state index is -0.349. The van der Waals surface area contributed by atoms with Gasteiger partial charge in [-0.1, -0.05) is 51.9 Å². The summed E-state index contributed by atoms with van der Waals surface area (Å²) in [4.78, 5) is 22.8. The Morgan fingerprint density at radius 1 is 1.12 bits per heavy atom. The highest BCUT2D eigenvalue weighted by molar-refractivity contribution is 6.45. The summed E-state index contributed by atoms with van der Waals surface area (Å²) >= 11 is 0. The van der Waals surface area contributed by atoms with Crippen LogP contribution in [0.5, 0.6) is 0 Å². The number of oxime groups is 2. The molecule has 0 saturated carbocycles. The third-order valence-corrected chi connectivity index (χ3v) is 4.90. The summed E-state index contributed by atoms with van der Waals surface area (Å²) in [6, 6.07) is 15.3. The van der Waals surface area contributed by atoms with Gasteiger partial charge in [-0.2, -0.15) is 0 Å². The Balaban J connectivity index is 1.82. The molecule has 0 aliphatic carbocycles. The molecule has 0 aliphatic rings. The second-order valence-electron chi connectivity index (χ2n) is 7.16. The molecule has 8 heteroatoms. The molecule has 8 nitrogen and oxygen atoms in total. The zero-order chi connectivity index (χ0) is 23.1. The Bertz CT molecular complexity index is 1160. The maximum atomic E-state index is 12.3. The molecule has 0 spiro atoms. The summed E-state index contributed by atoms with van der Waals surface area (Å²) in [7, 11) is 2.94. The molecular formula is C24H26N4O4. The lowest BCUT2D eigenvalue weighted by Gasteiger charge is -2.13. The lowest BCUT2D eigenvalue weighted by molar-refractivity contribution is -0.114. The van der Waals surface area contributed by atoms with Gasteiger partial charge in [-0.05, 0) is 38.0 Å². The van der Waals surface area contributed by atoms with Crippen molar-refractivity contribution in [2.24, 2.45) is 10.3 Å². The summed E-state index contributed by atoms with van der Waals surface area (Å²) in [5.74, 6) is 0.402. The van der Waals surface area contributed by atoms with E-state index in [2.05, 4.69) is 20.8 Å². The fourth-order valence-electron chi connectivity index (χ4n) is 3.19. The first kappa shape index (κ1) is 22.7. The zero-order valence-electron chi connectivity index (χ0n) is 18.8. The topological polar surface area (TPSA) is 98.3 Å². The van der Waals surface area contributed by atoms with Gasteiger partial charge < -0.3 is 19.5 Å². The molecule has 0 radical (unpaired) electrons. The quantitative estimate of drug-likeness (QED) is 0.427. The third kappa shape index (κ3) is 5.21. The molecule has 2 aromatic carbocycles. The van der Waals surface area contributed by atoms with Gasteiger partial charge in [-0.3, -0.25) is 4.79 Å². The van der Waals surface area contributed by atoms with E-state index in [1.807, 2.05) is 63.2 Å². The van der Waals surface area contributed by atoms with Crippen molar-refractivity contribution in [2.45, 2.75) is 27.4 Å². The molecule has 3 aromatic rings. The lowest BCUT2D eigenvalue weighted by atomic mass is 9.98. The first-order chi connectivity index (χ1) is 15.4. The van der Waals surface area contributed by atoms with Gasteiger partial charge >= 0.3 is 0 Å². The Morgan fingerprint density at radius 3 is 2.59 bits per heavy atom. The molecule has 0 atom stereocenters. The lowest BCUT2D eigenvalue weighted by Crippen LogP contribution is -2.29. The highest BCUT2D eigenvalue weighted by atomic mass is 16.6. The number of carbonyl (C=O) groups is 1. The Labute approximate surface area is 186 Å². The minimum Gasteiger partial charge on any atom is -0.398 e. The number of hydrogen-bond acceptors (Lipinski definition) is 7. The van der Waals surface area contributed by atoms with Crippen LogP contribution < -0.4 is 5.32 Å². The standard InChI is InChI=1S/C24H26N4O4/c1-15-8-6-11-20(23(28-30-5)24(29)25-4)21(15)14-31-26-17(3)18-9-7-10-19(13-18)22-12-16(2)32-27-22/h6-13H,14H2,1-5H3,(H,25,29)/b26-17+,28-23+. The predicted octanol–water partition coefficient (Wildman–Crippen LogP) is 4.00. The number of amides is 1. The van der Waals surface area contributed by atoms with Crippen molar-refractivity contribution in [1.29, 1.82) is 0 Å². The van der Waals surface area contributed by atoms with E-state index in [-0.39, 0.29) is 18.2 Å². The normalized spacial score (nSPS) is 11.9. The smallest absolute Gasteiger partial charge is 0.273 e. The van der Waals surface area contributed by atoms with E-state index >= 15 is 0 Å². The van der Waals surface area contributed by atoms with Crippen LogP contribution in [-0.2, 0) is 21.1 Å². The van der Waals surface area contributed by atoms with Crippen molar-refractivity contribution in [2.75, 3.05) is 14.2 Å². The summed E-state index contributed by atoms with van der Waals surface area (Å²) in [5, 5.41) is 14.8. The molecular weight excluding hydrogens is 408 g/mol. The monoisotopic (exact) mass is 434 g/mol. The van der Waals surface area contributed by atoms with Crippen molar-refractivity contribution in [1.82, 2.24) is 10.5 Å². The predicted molar refractivity (Wildman–Crippen MR) is 122 cm³/mol. The van der Waals surface area contributed by atoms with Crippen LogP contribution in [0.2, 0.25) is 0 Å². The molecule has 0 fully saturated rings. The molecule has 1 N–H and O–H groups in total. The molecule has 1 amide bonds. The Morgan fingerprint density at radius 2 is 1.91 bits per heavy atom. The molecule has 1 heterocycles. The number of aryl methyl sites for hydroxylation is 2. The van der Waals surface area contributed by atoms with Gasteiger partial charge in [0, 0.05) is 29.8 Å². The van der Waals surface area contributed by atoms with E-state index in [9.17, 15) is 4.79 Å². The van der Waals surface area contributed by atoms with Crippen LogP contribution in [-0.4, -0.2) is 36.6 Å². The van der Waals surface area contributed by atoms with Crippen LogP contribution in [0.1, 0.15) is 34.9 Å². The summed E-state index contributed by atoms with van der Waals surface area (Å²) in [6.45, 7) is 5.83. The molecule has 0 bridgehead atoms. The van der Waals surface area contributed by atoms with Gasteiger partial charge in [-0.15, -0.1) is 0 Å². The Hall–Kier alpha value is -3.94. The van der Waals surface area contributed by atoms with E-state index in [0.717, 1.165) is 33.7 Å². The van der Waals surface area contributed by atoms with E-state index in [0.29, 0.717) is 11.3 Å². The van der Waals surface area contributed by atoms with Gasteiger partial charge in [0.05, 0.1) is 5.71 Å². The molecule has 0 saturated heterocycles. The first-order valence-corrected chi connectivity index (χ1v) is 10.1. The SMILES string of the molecule is CNC(=O)/C(=N/OC)c1cccc(C)c1CO/N=C(\C)c1cccc(-c2cc(C)on2)c1. The summed E-state index contributed by atoms with van der Waals surface area (Å²) < 4.78 is 5.17. The van der Waals surface area contributed by atoms with Gasteiger partial charge in [0.25, 0.3) is 5.91 Å². The number of nitrogens with one attached hydrogen (secondary N) is 1. The summed E-state index contributed by atoms with van der Waals surface area (Å²) in [5.41, 5.74) is 5.86. The molecule has 32 heavy (non-hydrogen) atoms. The van der Waals surface area contributed by atoms with Crippen molar-refractivity contribution in [3.05, 3.63) is 76.5 Å². The molecule has 3 rings (SSSR count). The van der Waals surface area contributed by atoms with E-state index in [1.165, 1.54) is 7.11 Å². The van der Waals surface area contributed by atoms with Crippen LogP contribution >= 0.6 is 0 Å². The number of carbonyl (C=O) groups excluding carboxylic acids is 1. The van der Waals surface area contributed by atoms with Crippen LogP contribution in [0.25, 0.3) is 11.3 Å². The van der Waals surface area contributed by atoms with Crippen LogP contribution in [0.4, 0.5) is 0 Å². The maximum absolute atomic E-state index is 12.3. The Kier molecular flexibility index (Phi) is 7.38. The number of benzene rings is 2. The average Bonchev–Trinajstić information content (AvgIpc) is 3.24. The van der Waals surface area contributed by atoms with Crippen molar-refractivity contribution in [3.8, 4) is 11.3 Å². The summed E-state index contributed by atoms with van der Waals surface area (Å²) in [6.07, 6.45) is 0. The highest BCUT2D eigenvalue weighted by Crippen LogP contribution is 2.21. The van der Waals surface area contributed by atoms with Crippen LogP contribution in [0, 0.1) is 13.8 Å². The number of hydrogen-bond donors (Lipinski definition) is 1. The van der Waals surface area contributed by atoms with E-state index in [4.69, 9.17) is 14.2 Å². The number of rotatable bonds is 8. The first-order valence-electron chi connectivity index (χ1n) is 10.1. The molecule has 0 unspecified atom stereocenters. The van der Waals surface area contributed by atoms with Gasteiger partial charge in [0.15, 0.2) is 5.71 Å². The maximum Gasteiger partial charge on any atom is 0.273 e. The molecule has 0 aliphatic heterocycles. The van der Waals surface area contributed by atoms with Gasteiger partial charge in [-0.25, -0.2) is 0 Å². The third-order valence-electron chi connectivity index (χ3n) is 4.90. The van der Waals surface area contributed by atoms with Gasteiger partial charge in [0.1, 0.15) is 25.2 Å². The number of aromatic nitrogens is 1. The molecule has 166 valence electrons. The van der Waals surface area contributed by atoms with E-state index < -0.39 is 0 Å². The fourth-order valence-corrected chi connectivity index (χ4v) is 3.19. The largest absolute Gasteiger partial charge is 0.398 e. The second-order valence-corrected chi connectivity index (χ2v) is 7.16. The van der Waals surface area contributed by atoms with Crippen molar-refractivity contribution >= 4 is 17.3 Å². The van der Waals surface area contributed by atoms with Crippen molar-refractivity contribution in [3.63, 3.8) is 0 Å². The zero-order valence-corrected chi connectivity index (χ0v) is 18.8. The minimum absolute atomic E-state index is 0.168.